The van der Waals surface area contributed by atoms with E-state index in [4.69, 9.17) is 4.74 Å². The molecular formula is C20H20F3IN2O2. The summed E-state index contributed by atoms with van der Waals surface area (Å²) < 4.78 is 48.5. The Morgan fingerprint density at radius 1 is 1.25 bits per heavy atom. The molecule has 8 heteroatoms. The van der Waals surface area contributed by atoms with Gasteiger partial charge in [0.2, 0.25) is 0 Å². The number of ether oxygens (including phenoxy) is 1. The van der Waals surface area contributed by atoms with Crippen molar-refractivity contribution in [1.82, 2.24) is 0 Å². The lowest BCUT2D eigenvalue weighted by Crippen LogP contribution is -2.39. The predicted octanol–water partition coefficient (Wildman–Crippen LogP) is 5.23. The van der Waals surface area contributed by atoms with E-state index in [9.17, 15) is 18.0 Å². The van der Waals surface area contributed by atoms with Crippen LogP contribution in [-0.2, 0) is 9.53 Å². The summed E-state index contributed by atoms with van der Waals surface area (Å²) in [7, 11) is 0. The van der Waals surface area contributed by atoms with Gasteiger partial charge in [-0.15, -0.1) is 0 Å². The van der Waals surface area contributed by atoms with Gasteiger partial charge in [0.15, 0.2) is 11.6 Å². The summed E-state index contributed by atoms with van der Waals surface area (Å²) in [4.78, 5) is 13.9. The van der Waals surface area contributed by atoms with Gasteiger partial charge < -0.3 is 15.0 Å². The minimum absolute atomic E-state index is 0.0464. The van der Waals surface area contributed by atoms with Gasteiger partial charge in [0.25, 0.3) is 0 Å². The van der Waals surface area contributed by atoms with Crippen molar-refractivity contribution < 1.29 is 22.7 Å². The number of benzene rings is 2. The van der Waals surface area contributed by atoms with E-state index in [0.717, 1.165) is 6.07 Å². The van der Waals surface area contributed by atoms with Crippen LogP contribution < -0.4 is 10.2 Å². The van der Waals surface area contributed by atoms with Crippen molar-refractivity contribution in [2.24, 2.45) is 5.92 Å². The molecule has 0 radical (unpaired) electrons. The minimum Gasteiger partial charge on any atom is -0.466 e. The highest BCUT2D eigenvalue weighted by molar-refractivity contribution is 14.1. The van der Waals surface area contributed by atoms with E-state index < -0.39 is 17.5 Å². The second-order valence-corrected chi connectivity index (χ2v) is 7.79. The number of piperidine rings is 1. The van der Waals surface area contributed by atoms with Crippen LogP contribution in [0.2, 0.25) is 0 Å². The second-order valence-electron chi connectivity index (χ2n) is 6.54. The Balaban J connectivity index is 1.93. The smallest absolute Gasteiger partial charge is 0.310 e. The fourth-order valence-corrected chi connectivity index (χ4v) is 3.75. The van der Waals surface area contributed by atoms with Gasteiger partial charge in [0.1, 0.15) is 11.5 Å². The molecule has 0 aromatic heterocycles. The number of hydrogen-bond acceptors (Lipinski definition) is 4. The van der Waals surface area contributed by atoms with Gasteiger partial charge in [-0.05, 0) is 72.7 Å². The molecule has 0 bridgehead atoms. The number of nitrogens with zero attached hydrogens (tertiary/aromatic N) is 1. The molecule has 1 aliphatic heterocycles. The van der Waals surface area contributed by atoms with Crippen molar-refractivity contribution in [3.05, 3.63) is 51.4 Å². The molecule has 0 spiro atoms. The quantitative estimate of drug-likeness (QED) is 0.448. The third kappa shape index (κ3) is 4.53. The molecule has 0 amide bonds. The number of anilines is 3. The highest BCUT2D eigenvalue weighted by Crippen LogP contribution is 2.36. The Kier molecular flexibility index (Phi) is 6.69. The summed E-state index contributed by atoms with van der Waals surface area (Å²) in [6.45, 7) is 2.93. The molecule has 3 rings (SSSR count). The molecule has 1 fully saturated rings. The van der Waals surface area contributed by atoms with Crippen LogP contribution in [0.15, 0.2) is 30.3 Å². The first kappa shape index (κ1) is 20.8. The zero-order valence-electron chi connectivity index (χ0n) is 15.3. The molecule has 1 aliphatic rings. The molecule has 1 N–H and O–H groups in total. The predicted molar refractivity (Wildman–Crippen MR) is 110 cm³/mol. The Labute approximate surface area is 175 Å². The monoisotopic (exact) mass is 504 g/mol. The third-order valence-electron chi connectivity index (χ3n) is 4.65. The molecule has 2 aromatic rings. The third-order valence-corrected chi connectivity index (χ3v) is 5.32. The molecule has 2 aromatic carbocycles. The standard InChI is InChI=1S/C20H20F3IN2O2/c1-2-28-20(27)12-4-3-9-26(11-12)17-8-6-14(21)18(23)19(17)25-16-7-5-13(24)10-15(16)22/h5-8,10,12,25H,2-4,9,11H2,1H3. The first-order chi connectivity index (χ1) is 13.4. The van der Waals surface area contributed by atoms with Crippen LogP contribution in [0.4, 0.5) is 30.2 Å². The van der Waals surface area contributed by atoms with Gasteiger partial charge in [-0.2, -0.15) is 0 Å². The summed E-state index contributed by atoms with van der Waals surface area (Å²) in [5.41, 5.74) is 0.278. The molecule has 1 atom stereocenters. The number of carbonyl (C=O) groups excluding carboxylic acids is 1. The number of nitrogens with one attached hydrogen (secondary N) is 1. The van der Waals surface area contributed by atoms with Gasteiger partial charge in [-0.3, -0.25) is 4.79 Å². The Morgan fingerprint density at radius 3 is 2.75 bits per heavy atom. The van der Waals surface area contributed by atoms with Crippen LogP contribution in [0, 0.1) is 26.9 Å². The fourth-order valence-electron chi connectivity index (χ4n) is 3.30. The fraction of sp³-hybridized carbons (Fsp3) is 0.350. The average molecular weight is 504 g/mol. The van der Waals surface area contributed by atoms with E-state index in [1.54, 1.807) is 17.9 Å². The highest BCUT2D eigenvalue weighted by atomic mass is 127. The van der Waals surface area contributed by atoms with Crippen LogP contribution in [0.5, 0.6) is 0 Å². The summed E-state index contributed by atoms with van der Waals surface area (Å²) in [5.74, 6) is -3.33. The maximum Gasteiger partial charge on any atom is 0.310 e. The molecule has 150 valence electrons. The van der Waals surface area contributed by atoms with E-state index in [1.807, 2.05) is 22.6 Å². The number of halogens is 4. The first-order valence-electron chi connectivity index (χ1n) is 9.02. The summed E-state index contributed by atoms with van der Waals surface area (Å²) >= 11 is 1.97. The van der Waals surface area contributed by atoms with Gasteiger partial charge in [0.05, 0.1) is 23.9 Å². The summed E-state index contributed by atoms with van der Waals surface area (Å²) in [6, 6.07) is 6.92. The molecule has 0 saturated carbocycles. The Hall–Kier alpha value is -1.97. The van der Waals surface area contributed by atoms with Gasteiger partial charge >= 0.3 is 5.97 Å². The number of esters is 1. The van der Waals surface area contributed by atoms with Crippen LogP contribution >= 0.6 is 22.6 Å². The number of hydrogen-bond donors (Lipinski definition) is 1. The first-order valence-corrected chi connectivity index (χ1v) is 10.1. The average Bonchev–Trinajstić information content (AvgIpc) is 2.68. The zero-order valence-corrected chi connectivity index (χ0v) is 17.4. The number of rotatable bonds is 5. The number of carbonyl (C=O) groups is 1. The molecule has 1 unspecified atom stereocenters. The molecule has 1 saturated heterocycles. The lowest BCUT2D eigenvalue weighted by molar-refractivity contribution is -0.148. The molecule has 4 nitrogen and oxygen atoms in total. The zero-order chi connectivity index (χ0) is 20.3. The van der Waals surface area contributed by atoms with Crippen LogP contribution in [0.3, 0.4) is 0 Å². The van der Waals surface area contributed by atoms with Crippen molar-refractivity contribution in [3.8, 4) is 0 Å². The van der Waals surface area contributed by atoms with E-state index in [1.165, 1.54) is 18.2 Å². The summed E-state index contributed by atoms with van der Waals surface area (Å²) in [6.07, 6.45) is 1.38. The lowest BCUT2D eigenvalue weighted by Gasteiger charge is -2.34. The van der Waals surface area contributed by atoms with Crippen LogP contribution in [0.1, 0.15) is 19.8 Å². The van der Waals surface area contributed by atoms with Crippen molar-refractivity contribution in [3.63, 3.8) is 0 Å². The van der Waals surface area contributed by atoms with Gasteiger partial charge in [-0.1, -0.05) is 0 Å². The van der Waals surface area contributed by atoms with E-state index in [-0.39, 0.29) is 23.3 Å². The van der Waals surface area contributed by atoms with E-state index >= 15 is 0 Å². The van der Waals surface area contributed by atoms with Crippen LogP contribution in [0.25, 0.3) is 0 Å². The highest BCUT2D eigenvalue weighted by Gasteiger charge is 2.29. The van der Waals surface area contributed by atoms with E-state index in [2.05, 4.69) is 5.32 Å². The minimum atomic E-state index is -1.09. The Bertz CT molecular complexity index is 879. The molecule has 1 heterocycles. The van der Waals surface area contributed by atoms with Crippen molar-refractivity contribution in [1.29, 1.82) is 0 Å². The molecule has 28 heavy (non-hydrogen) atoms. The second kappa shape index (κ2) is 9.02. The molecule has 0 aliphatic carbocycles. The molecular weight excluding hydrogens is 484 g/mol. The van der Waals surface area contributed by atoms with Crippen molar-refractivity contribution >= 4 is 45.6 Å². The van der Waals surface area contributed by atoms with E-state index in [0.29, 0.717) is 41.8 Å². The Morgan fingerprint density at radius 2 is 2.04 bits per heavy atom. The van der Waals surface area contributed by atoms with Crippen LogP contribution in [-0.4, -0.2) is 25.7 Å². The largest absolute Gasteiger partial charge is 0.466 e. The SMILES string of the molecule is CCOC(=O)C1CCCN(c2ccc(F)c(F)c2Nc2ccc(I)cc2F)C1. The maximum absolute atomic E-state index is 14.6. The maximum atomic E-state index is 14.6. The van der Waals surface area contributed by atoms with Crippen molar-refractivity contribution in [2.75, 3.05) is 29.9 Å². The topological polar surface area (TPSA) is 41.6 Å². The lowest BCUT2D eigenvalue weighted by atomic mass is 9.97. The van der Waals surface area contributed by atoms with Gasteiger partial charge in [-0.25, -0.2) is 13.2 Å². The van der Waals surface area contributed by atoms with Gasteiger partial charge in [0, 0.05) is 16.7 Å². The summed E-state index contributed by atoms with van der Waals surface area (Å²) in [5, 5.41) is 2.69. The normalized spacial score (nSPS) is 16.8. The van der Waals surface area contributed by atoms with Crippen molar-refractivity contribution in [2.45, 2.75) is 19.8 Å².